The van der Waals surface area contributed by atoms with Gasteiger partial charge in [-0.1, -0.05) is 18.2 Å². The molecule has 0 aliphatic heterocycles. The number of rotatable bonds is 4. The number of halogens is 2. The van der Waals surface area contributed by atoms with Crippen LogP contribution in [0.1, 0.15) is 10.4 Å². The number of Topliss-reactive ketones (excluding diaryl/α,β-unsaturated/α-hetero) is 1. The number of hydrogen-bond donors (Lipinski definition) is 0. The van der Waals surface area contributed by atoms with Gasteiger partial charge in [0, 0.05) is 17.7 Å². The minimum atomic E-state index is -0.924. The van der Waals surface area contributed by atoms with Crippen LogP contribution < -0.4 is 0 Å². The second-order valence-corrected chi connectivity index (χ2v) is 4.72. The van der Waals surface area contributed by atoms with Gasteiger partial charge in [-0.2, -0.15) is 0 Å². The van der Waals surface area contributed by atoms with Gasteiger partial charge in [-0.3, -0.25) is 4.79 Å². The fourth-order valence-corrected chi connectivity index (χ4v) is 2.30. The Labute approximate surface area is 102 Å². The predicted molar refractivity (Wildman–Crippen MR) is 63.1 cm³/mol. The average molecular weight is 252 g/mol. The smallest absolute Gasteiger partial charge is 0.162 e. The molecule has 1 aromatic carbocycles. The molecule has 2 rings (SSSR count). The quantitative estimate of drug-likeness (QED) is 0.815. The summed E-state index contributed by atoms with van der Waals surface area (Å²) in [6.45, 7) is 0. The second-order valence-electron chi connectivity index (χ2n) is 3.68. The number of thiophene rings is 1. The van der Waals surface area contributed by atoms with E-state index in [1.165, 1.54) is 23.5 Å². The minimum absolute atomic E-state index is 0.0680. The Morgan fingerprint density at radius 1 is 1.12 bits per heavy atom. The summed E-state index contributed by atoms with van der Waals surface area (Å²) in [5, 5.41) is 1.88. The van der Waals surface area contributed by atoms with E-state index in [0.717, 1.165) is 10.9 Å². The summed E-state index contributed by atoms with van der Waals surface area (Å²) in [5.41, 5.74) is 0.117. The largest absolute Gasteiger partial charge is 0.299 e. The molecule has 88 valence electrons. The molecule has 0 spiro atoms. The van der Waals surface area contributed by atoms with Crippen LogP contribution in [0.15, 0.2) is 35.7 Å². The highest BCUT2D eigenvalue weighted by Gasteiger charge is 2.12. The van der Waals surface area contributed by atoms with Crippen molar-refractivity contribution in [1.82, 2.24) is 0 Å². The Balaban J connectivity index is 2.06. The normalized spacial score (nSPS) is 10.5. The van der Waals surface area contributed by atoms with Crippen LogP contribution in [0.3, 0.4) is 0 Å². The van der Waals surface area contributed by atoms with Gasteiger partial charge in [-0.25, -0.2) is 8.78 Å². The lowest BCUT2D eigenvalue weighted by atomic mass is 10.1. The van der Waals surface area contributed by atoms with Gasteiger partial charge in [0.2, 0.25) is 0 Å². The fraction of sp³-hybridized carbons (Fsp3) is 0.154. The highest BCUT2D eigenvalue weighted by atomic mass is 32.1. The lowest BCUT2D eigenvalue weighted by Crippen LogP contribution is -2.07. The van der Waals surface area contributed by atoms with Crippen molar-refractivity contribution in [2.45, 2.75) is 12.8 Å². The van der Waals surface area contributed by atoms with Crippen LogP contribution >= 0.6 is 11.3 Å². The van der Waals surface area contributed by atoms with Crippen molar-refractivity contribution in [3.05, 3.63) is 57.8 Å². The summed E-state index contributed by atoms with van der Waals surface area (Å²) in [6.07, 6.45) is 0.203. The Hall–Kier alpha value is -1.55. The number of benzene rings is 1. The summed E-state index contributed by atoms with van der Waals surface area (Å²) in [7, 11) is 0. The maximum absolute atomic E-state index is 13.3. The number of hydrogen-bond acceptors (Lipinski definition) is 2. The zero-order valence-electron chi connectivity index (χ0n) is 8.95. The van der Waals surface area contributed by atoms with Crippen molar-refractivity contribution in [3.63, 3.8) is 0 Å². The topological polar surface area (TPSA) is 17.1 Å². The molecule has 17 heavy (non-hydrogen) atoms. The first kappa shape index (κ1) is 11.9. The van der Waals surface area contributed by atoms with Gasteiger partial charge in [0.15, 0.2) is 11.6 Å². The van der Waals surface area contributed by atoms with E-state index in [1.54, 1.807) is 0 Å². The van der Waals surface area contributed by atoms with Crippen LogP contribution in [-0.4, -0.2) is 5.78 Å². The third kappa shape index (κ3) is 2.97. The van der Waals surface area contributed by atoms with E-state index in [2.05, 4.69) is 0 Å². The van der Waals surface area contributed by atoms with E-state index in [-0.39, 0.29) is 24.2 Å². The first-order valence-corrected chi connectivity index (χ1v) is 6.02. The van der Waals surface area contributed by atoms with Crippen molar-refractivity contribution in [3.8, 4) is 0 Å². The zero-order chi connectivity index (χ0) is 12.3. The Bertz CT molecular complexity index is 520. The molecule has 0 atom stereocenters. The Morgan fingerprint density at radius 2 is 1.94 bits per heavy atom. The highest BCUT2D eigenvalue weighted by molar-refractivity contribution is 7.10. The number of carbonyl (C=O) groups is 1. The molecule has 0 saturated carbocycles. The molecule has 0 bridgehead atoms. The van der Waals surface area contributed by atoms with E-state index >= 15 is 0 Å². The zero-order valence-corrected chi connectivity index (χ0v) is 9.77. The van der Waals surface area contributed by atoms with Crippen LogP contribution in [0.2, 0.25) is 0 Å². The van der Waals surface area contributed by atoms with Gasteiger partial charge in [0.25, 0.3) is 0 Å². The summed E-state index contributed by atoms with van der Waals surface area (Å²) in [4.78, 5) is 12.6. The number of ketones is 1. The molecule has 0 amide bonds. The average Bonchev–Trinajstić information content (AvgIpc) is 2.77. The molecular weight excluding hydrogens is 242 g/mol. The van der Waals surface area contributed by atoms with Crippen LogP contribution in [0.4, 0.5) is 8.78 Å². The van der Waals surface area contributed by atoms with Gasteiger partial charge in [0.1, 0.15) is 5.78 Å². The molecule has 4 heteroatoms. The molecule has 2 aromatic rings. The molecule has 1 aromatic heterocycles. The third-order valence-corrected chi connectivity index (χ3v) is 3.25. The molecule has 0 unspecified atom stereocenters. The van der Waals surface area contributed by atoms with Crippen molar-refractivity contribution < 1.29 is 13.6 Å². The van der Waals surface area contributed by atoms with Crippen LogP contribution in [-0.2, 0) is 17.6 Å². The second kappa shape index (κ2) is 5.19. The van der Waals surface area contributed by atoms with Crippen molar-refractivity contribution in [2.24, 2.45) is 0 Å². The first-order valence-electron chi connectivity index (χ1n) is 5.14. The molecule has 0 aliphatic carbocycles. The van der Waals surface area contributed by atoms with E-state index < -0.39 is 11.6 Å². The molecule has 0 saturated heterocycles. The lowest BCUT2D eigenvalue weighted by Gasteiger charge is -2.02. The van der Waals surface area contributed by atoms with E-state index in [9.17, 15) is 13.6 Å². The minimum Gasteiger partial charge on any atom is -0.299 e. The maximum Gasteiger partial charge on any atom is 0.162 e. The van der Waals surface area contributed by atoms with Crippen LogP contribution in [0.25, 0.3) is 0 Å². The first-order chi connectivity index (χ1) is 8.16. The van der Waals surface area contributed by atoms with E-state index in [0.29, 0.717) is 0 Å². The molecule has 0 fully saturated rings. The van der Waals surface area contributed by atoms with Crippen molar-refractivity contribution in [2.75, 3.05) is 0 Å². The summed E-state index contributed by atoms with van der Waals surface area (Å²) in [5.74, 6) is -1.95. The van der Waals surface area contributed by atoms with E-state index in [1.807, 2.05) is 17.5 Å². The Morgan fingerprint density at radius 3 is 2.65 bits per heavy atom. The SMILES string of the molecule is O=C(Cc1cccs1)Cc1cccc(F)c1F. The summed E-state index contributed by atoms with van der Waals surface area (Å²) >= 11 is 1.48. The standard InChI is InChI=1S/C13H10F2OS/c14-12-5-1-3-9(13(12)15)7-10(16)8-11-4-2-6-17-11/h1-6H,7-8H2. The fourth-order valence-electron chi connectivity index (χ4n) is 1.57. The molecule has 0 aliphatic rings. The third-order valence-electron chi connectivity index (χ3n) is 2.37. The van der Waals surface area contributed by atoms with Crippen LogP contribution in [0, 0.1) is 11.6 Å². The van der Waals surface area contributed by atoms with Gasteiger partial charge in [-0.15, -0.1) is 11.3 Å². The van der Waals surface area contributed by atoms with Gasteiger partial charge in [0.05, 0.1) is 0 Å². The number of carbonyl (C=O) groups excluding carboxylic acids is 1. The molecule has 1 heterocycles. The lowest BCUT2D eigenvalue weighted by molar-refractivity contribution is -0.117. The molecule has 0 radical (unpaired) electrons. The van der Waals surface area contributed by atoms with E-state index in [4.69, 9.17) is 0 Å². The molecule has 0 N–H and O–H groups in total. The molecule has 1 nitrogen and oxygen atoms in total. The van der Waals surface area contributed by atoms with Crippen LogP contribution in [0.5, 0.6) is 0 Å². The summed E-state index contributed by atoms with van der Waals surface area (Å²) < 4.78 is 26.2. The predicted octanol–water partition coefficient (Wildman–Crippen LogP) is 3.38. The Kier molecular flexibility index (Phi) is 3.64. The van der Waals surface area contributed by atoms with Gasteiger partial charge < -0.3 is 0 Å². The monoisotopic (exact) mass is 252 g/mol. The highest BCUT2D eigenvalue weighted by Crippen LogP contribution is 2.15. The summed E-state index contributed by atoms with van der Waals surface area (Å²) in [6, 6.07) is 7.60. The van der Waals surface area contributed by atoms with Crippen molar-refractivity contribution >= 4 is 17.1 Å². The molecular formula is C13H10F2OS. The van der Waals surface area contributed by atoms with Crippen molar-refractivity contribution in [1.29, 1.82) is 0 Å². The maximum atomic E-state index is 13.3. The van der Waals surface area contributed by atoms with Gasteiger partial charge in [-0.05, 0) is 23.1 Å². The van der Waals surface area contributed by atoms with Gasteiger partial charge >= 0.3 is 0 Å².